The third-order valence-electron chi connectivity index (χ3n) is 4.19. The van der Waals surface area contributed by atoms with Gasteiger partial charge in [-0.3, -0.25) is 0 Å². The van der Waals surface area contributed by atoms with Gasteiger partial charge in [0.15, 0.2) is 0 Å². The summed E-state index contributed by atoms with van der Waals surface area (Å²) in [6.45, 7) is 9.49. The lowest BCUT2D eigenvalue weighted by atomic mass is 9.76. The summed E-state index contributed by atoms with van der Waals surface area (Å²) in [5.74, 6) is 0.920. The molecule has 0 heterocycles. The minimum atomic E-state index is 0.499. The quantitative estimate of drug-likeness (QED) is 0.760. The maximum absolute atomic E-state index is 3.72. The Bertz CT molecular complexity index is 205. The molecule has 2 heteroatoms. The molecule has 0 aromatic carbocycles. The first-order valence-electron chi connectivity index (χ1n) is 7.27. The summed E-state index contributed by atoms with van der Waals surface area (Å²) in [5.41, 5.74) is 0.499. The Kier molecular flexibility index (Phi) is 5.94. The molecule has 0 saturated heterocycles. The lowest BCUT2D eigenvalue weighted by Crippen LogP contribution is -2.34. The molecule has 0 amide bonds. The first-order valence-corrected chi connectivity index (χ1v) is 7.27. The molecule has 0 spiro atoms. The molecule has 0 aromatic heterocycles. The lowest BCUT2D eigenvalue weighted by molar-refractivity contribution is 0.213. The zero-order valence-corrected chi connectivity index (χ0v) is 12.6. The van der Waals surface area contributed by atoms with Gasteiger partial charge in [-0.25, -0.2) is 0 Å². The first-order chi connectivity index (χ1) is 7.89. The fraction of sp³-hybridized carbons (Fsp3) is 1.00. The minimum absolute atomic E-state index is 0.499. The van der Waals surface area contributed by atoms with Gasteiger partial charge in [0.1, 0.15) is 0 Å². The molecular formula is C15H32N2. The van der Waals surface area contributed by atoms with Crippen LogP contribution in [0.15, 0.2) is 0 Å². The van der Waals surface area contributed by atoms with Crippen molar-refractivity contribution in [2.24, 2.45) is 11.3 Å². The molecule has 0 aromatic rings. The minimum Gasteiger partial charge on any atom is -0.313 e. The smallest absolute Gasteiger partial charge is 0.0101 e. The number of nitrogens with zero attached hydrogens (tertiary/aromatic N) is 1. The Labute approximate surface area is 108 Å². The van der Waals surface area contributed by atoms with Crippen LogP contribution in [0.25, 0.3) is 0 Å². The Balaban J connectivity index is 2.28. The van der Waals surface area contributed by atoms with Crippen LogP contribution in [0, 0.1) is 11.3 Å². The molecule has 1 rings (SSSR count). The van der Waals surface area contributed by atoms with Crippen LogP contribution in [-0.4, -0.2) is 38.1 Å². The number of hydrogen-bond acceptors (Lipinski definition) is 2. The highest BCUT2D eigenvalue weighted by Crippen LogP contribution is 2.36. The van der Waals surface area contributed by atoms with Gasteiger partial charge in [-0.2, -0.15) is 0 Å². The molecule has 1 aliphatic rings. The molecule has 0 radical (unpaired) electrons. The topological polar surface area (TPSA) is 15.3 Å². The standard InChI is InChI=1S/C15H32N2/c1-15(2,3)13-7-6-8-14(10-9-13)16-11-12-17(4)5/h13-14,16H,6-12H2,1-5H3. The zero-order valence-electron chi connectivity index (χ0n) is 12.6. The molecule has 2 unspecified atom stereocenters. The summed E-state index contributed by atoms with van der Waals surface area (Å²) >= 11 is 0. The molecule has 1 fully saturated rings. The summed E-state index contributed by atoms with van der Waals surface area (Å²) < 4.78 is 0. The summed E-state index contributed by atoms with van der Waals surface area (Å²) in [5, 5.41) is 3.72. The number of likely N-dealkylation sites (N-methyl/N-ethyl adjacent to an activating group) is 1. The van der Waals surface area contributed by atoms with Crippen molar-refractivity contribution in [2.45, 2.75) is 58.9 Å². The fourth-order valence-electron chi connectivity index (χ4n) is 2.86. The average molecular weight is 240 g/mol. The molecule has 102 valence electrons. The Morgan fingerprint density at radius 3 is 2.35 bits per heavy atom. The maximum Gasteiger partial charge on any atom is 0.0101 e. The molecule has 1 saturated carbocycles. The maximum atomic E-state index is 3.72. The highest BCUT2D eigenvalue weighted by Gasteiger charge is 2.27. The molecule has 1 N–H and O–H groups in total. The van der Waals surface area contributed by atoms with Crippen molar-refractivity contribution in [1.82, 2.24) is 10.2 Å². The number of rotatable bonds is 4. The second-order valence-corrected chi connectivity index (χ2v) is 7.03. The van der Waals surface area contributed by atoms with Gasteiger partial charge in [-0.1, -0.05) is 27.2 Å². The second-order valence-electron chi connectivity index (χ2n) is 7.03. The van der Waals surface area contributed by atoms with E-state index in [0.29, 0.717) is 5.41 Å². The van der Waals surface area contributed by atoms with Crippen LogP contribution in [0.1, 0.15) is 52.9 Å². The van der Waals surface area contributed by atoms with Gasteiger partial charge in [0, 0.05) is 19.1 Å². The van der Waals surface area contributed by atoms with E-state index in [1.807, 2.05) is 0 Å². The van der Waals surface area contributed by atoms with E-state index in [1.54, 1.807) is 0 Å². The van der Waals surface area contributed by atoms with Crippen molar-refractivity contribution in [2.75, 3.05) is 27.2 Å². The van der Waals surface area contributed by atoms with Gasteiger partial charge in [-0.15, -0.1) is 0 Å². The second kappa shape index (κ2) is 6.75. The van der Waals surface area contributed by atoms with E-state index in [2.05, 4.69) is 45.1 Å². The van der Waals surface area contributed by atoms with Crippen LogP contribution < -0.4 is 5.32 Å². The zero-order chi connectivity index (χ0) is 12.9. The van der Waals surface area contributed by atoms with E-state index in [-0.39, 0.29) is 0 Å². The highest BCUT2D eigenvalue weighted by molar-refractivity contribution is 4.81. The molecule has 1 aliphatic carbocycles. The first kappa shape index (κ1) is 15.0. The van der Waals surface area contributed by atoms with Gasteiger partial charge in [0.05, 0.1) is 0 Å². The third-order valence-corrected chi connectivity index (χ3v) is 4.19. The van der Waals surface area contributed by atoms with Gasteiger partial charge < -0.3 is 10.2 Å². The highest BCUT2D eigenvalue weighted by atomic mass is 15.1. The van der Waals surface area contributed by atoms with E-state index in [0.717, 1.165) is 25.0 Å². The van der Waals surface area contributed by atoms with Crippen LogP contribution in [0.4, 0.5) is 0 Å². The Hall–Kier alpha value is -0.0800. The van der Waals surface area contributed by atoms with Gasteiger partial charge >= 0.3 is 0 Å². The average Bonchev–Trinajstić information content (AvgIpc) is 2.41. The predicted molar refractivity (Wildman–Crippen MR) is 76.4 cm³/mol. The predicted octanol–water partition coefficient (Wildman–Crippen LogP) is 3.13. The van der Waals surface area contributed by atoms with Gasteiger partial charge in [0.25, 0.3) is 0 Å². The molecule has 0 aliphatic heterocycles. The summed E-state index contributed by atoms with van der Waals surface area (Å²) in [7, 11) is 4.29. The van der Waals surface area contributed by atoms with Crippen molar-refractivity contribution in [3.63, 3.8) is 0 Å². The largest absolute Gasteiger partial charge is 0.313 e. The molecule has 2 atom stereocenters. The molecule has 2 nitrogen and oxygen atoms in total. The van der Waals surface area contributed by atoms with Crippen LogP contribution in [0.5, 0.6) is 0 Å². The van der Waals surface area contributed by atoms with Crippen molar-refractivity contribution in [1.29, 1.82) is 0 Å². The third kappa shape index (κ3) is 5.87. The molecule has 17 heavy (non-hydrogen) atoms. The van der Waals surface area contributed by atoms with Gasteiger partial charge in [0.2, 0.25) is 0 Å². The fourth-order valence-corrected chi connectivity index (χ4v) is 2.86. The van der Waals surface area contributed by atoms with Crippen molar-refractivity contribution in [3.8, 4) is 0 Å². The van der Waals surface area contributed by atoms with E-state index < -0.39 is 0 Å². The van der Waals surface area contributed by atoms with E-state index in [1.165, 1.54) is 32.1 Å². The Morgan fingerprint density at radius 1 is 1.06 bits per heavy atom. The van der Waals surface area contributed by atoms with Crippen LogP contribution >= 0.6 is 0 Å². The lowest BCUT2D eigenvalue weighted by Gasteiger charge is -2.29. The van der Waals surface area contributed by atoms with Crippen molar-refractivity contribution in [3.05, 3.63) is 0 Å². The van der Waals surface area contributed by atoms with Crippen molar-refractivity contribution >= 4 is 0 Å². The summed E-state index contributed by atoms with van der Waals surface area (Å²) in [4.78, 5) is 2.25. The number of hydrogen-bond donors (Lipinski definition) is 1. The normalized spacial score (nSPS) is 27.2. The van der Waals surface area contributed by atoms with Crippen LogP contribution in [0.3, 0.4) is 0 Å². The number of nitrogens with one attached hydrogen (secondary N) is 1. The van der Waals surface area contributed by atoms with E-state index >= 15 is 0 Å². The van der Waals surface area contributed by atoms with Gasteiger partial charge in [-0.05, 0) is 51.1 Å². The SMILES string of the molecule is CN(C)CCNC1CCCC(C(C)(C)C)CC1. The van der Waals surface area contributed by atoms with Crippen LogP contribution in [-0.2, 0) is 0 Å². The van der Waals surface area contributed by atoms with Crippen molar-refractivity contribution < 1.29 is 0 Å². The molecular weight excluding hydrogens is 208 g/mol. The summed E-state index contributed by atoms with van der Waals surface area (Å²) in [6, 6.07) is 0.766. The van der Waals surface area contributed by atoms with E-state index in [9.17, 15) is 0 Å². The summed E-state index contributed by atoms with van der Waals surface area (Å²) in [6.07, 6.45) is 6.98. The Morgan fingerprint density at radius 2 is 1.76 bits per heavy atom. The van der Waals surface area contributed by atoms with E-state index in [4.69, 9.17) is 0 Å². The molecule has 0 bridgehead atoms. The monoisotopic (exact) mass is 240 g/mol. The van der Waals surface area contributed by atoms with Crippen LogP contribution in [0.2, 0.25) is 0 Å².